The Hall–Kier alpha value is -0.830. The monoisotopic (exact) mass is 248 g/mol. The van der Waals surface area contributed by atoms with Crippen molar-refractivity contribution >= 4 is 5.91 Å². The summed E-state index contributed by atoms with van der Waals surface area (Å²) in [6, 6.07) is 0.550. The van der Waals surface area contributed by atoms with Gasteiger partial charge in [-0.15, -0.1) is 6.58 Å². The van der Waals surface area contributed by atoms with E-state index in [0.717, 1.165) is 38.3 Å². The lowest BCUT2D eigenvalue weighted by atomic mass is 9.76. The van der Waals surface area contributed by atoms with E-state index in [0.29, 0.717) is 17.9 Å². The molecule has 0 aromatic carbocycles. The molecule has 3 aliphatic heterocycles. The topological polar surface area (TPSA) is 23.6 Å². The second-order valence-electron chi connectivity index (χ2n) is 6.20. The van der Waals surface area contributed by atoms with Crippen LogP contribution in [0.2, 0.25) is 0 Å². The molecule has 3 rings (SSSR count). The van der Waals surface area contributed by atoms with Gasteiger partial charge in [0.15, 0.2) is 0 Å². The van der Waals surface area contributed by atoms with Crippen molar-refractivity contribution in [3.63, 3.8) is 0 Å². The van der Waals surface area contributed by atoms with Gasteiger partial charge in [-0.25, -0.2) is 0 Å². The van der Waals surface area contributed by atoms with Gasteiger partial charge in [-0.3, -0.25) is 4.79 Å². The number of hydrogen-bond acceptors (Lipinski definition) is 2. The van der Waals surface area contributed by atoms with Crippen LogP contribution in [0.4, 0.5) is 0 Å². The molecule has 1 amide bonds. The Kier molecular flexibility index (Phi) is 3.42. The Balaban J connectivity index is 1.68. The predicted molar refractivity (Wildman–Crippen MR) is 72.2 cm³/mol. The Bertz CT molecular complexity index is 341. The molecule has 3 aliphatic rings. The van der Waals surface area contributed by atoms with Gasteiger partial charge in [0.05, 0.1) is 0 Å². The Morgan fingerprint density at radius 1 is 1.33 bits per heavy atom. The van der Waals surface area contributed by atoms with Crippen LogP contribution in [0.1, 0.15) is 32.1 Å². The molecule has 0 saturated carbocycles. The van der Waals surface area contributed by atoms with Crippen LogP contribution in [-0.2, 0) is 4.79 Å². The minimum atomic E-state index is 0.417. The highest BCUT2D eigenvalue weighted by Crippen LogP contribution is 2.37. The van der Waals surface area contributed by atoms with Crippen LogP contribution in [0.25, 0.3) is 0 Å². The maximum absolute atomic E-state index is 12.0. The van der Waals surface area contributed by atoms with Crippen LogP contribution in [0.3, 0.4) is 0 Å². The molecule has 0 N–H and O–H groups in total. The van der Waals surface area contributed by atoms with Gasteiger partial charge in [0.1, 0.15) is 0 Å². The Morgan fingerprint density at radius 3 is 3.06 bits per heavy atom. The van der Waals surface area contributed by atoms with E-state index in [2.05, 4.69) is 16.4 Å². The highest BCUT2D eigenvalue weighted by atomic mass is 16.2. The standard InChI is InChI=1S/C15H24N2O/c1-2-3-7-16-9-12-8-13(11-16)14-5-4-6-15(18)17(14)10-12/h2,12-14H,1,3-11H2/t12-,13+,14-/m1/s1. The molecule has 3 saturated heterocycles. The second-order valence-corrected chi connectivity index (χ2v) is 6.20. The minimum absolute atomic E-state index is 0.417. The normalized spacial score (nSPS) is 36.3. The third kappa shape index (κ3) is 2.20. The van der Waals surface area contributed by atoms with Gasteiger partial charge in [-0.2, -0.15) is 0 Å². The van der Waals surface area contributed by atoms with Crippen LogP contribution in [0, 0.1) is 11.8 Å². The molecular weight excluding hydrogens is 224 g/mol. The molecule has 100 valence electrons. The summed E-state index contributed by atoms with van der Waals surface area (Å²) in [5.41, 5.74) is 0. The van der Waals surface area contributed by atoms with E-state index in [4.69, 9.17) is 0 Å². The summed E-state index contributed by atoms with van der Waals surface area (Å²) in [7, 11) is 0. The molecule has 3 heterocycles. The zero-order chi connectivity index (χ0) is 12.5. The van der Waals surface area contributed by atoms with Crippen molar-refractivity contribution in [1.82, 2.24) is 9.80 Å². The number of piperidine rings is 3. The van der Waals surface area contributed by atoms with Crippen molar-refractivity contribution in [2.45, 2.75) is 38.1 Å². The maximum Gasteiger partial charge on any atom is 0.222 e. The molecule has 18 heavy (non-hydrogen) atoms. The number of carbonyl (C=O) groups excluding carboxylic acids is 1. The molecular formula is C15H24N2O. The number of nitrogens with zero attached hydrogens (tertiary/aromatic N) is 2. The maximum atomic E-state index is 12.0. The summed E-state index contributed by atoms with van der Waals surface area (Å²) < 4.78 is 0. The zero-order valence-corrected chi connectivity index (χ0v) is 11.2. The number of fused-ring (bicyclic) bond motifs is 4. The quantitative estimate of drug-likeness (QED) is 0.712. The summed E-state index contributed by atoms with van der Waals surface area (Å²) in [4.78, 5) is 16.8. The van der Waals surface area contributed by atoms with Crippen LogP contribution in [-0.4, -0.2) is 47.9 Å². The van der Waals surface area contributed by atoms with Crippen molar-refractivity contribution in [3.8, 4) is 0 Å². The van der Waals surface area contributed by atoms with Gasteiger partial charge in [0, 0.05) is 38.6 Å². The minimum Gasteiger partial charge on any atom is -0.339 e. The average molecular weight is 248 g/mol. The Morgan fingerprint density at radius 2 is 2.22 bits per heavy atom. The van der Waals surface area contributed by atoms with Crippen LogP contribution in [0.5, 0.6) is 0 Å². The van der Waals surface area contributed by atoms with Gasteiger partial charge in [0.25, 0.3) is 0 Å². The van der Waals surface area contributed by atoms with Crippen molar-refractivity contribution in [2.75, 3.05) is 26.2 Å². The number of carbonyl (C=O) groups is 1. The fourth-order valence-electron chi connectivity index (χ4n) is 4.17. The van der Waals surface area contributed by atoms with Crippen molar-refractivity contribution in [2.24, 2.45) is 11.8 Å². The average Bonchev–Trinajstić information content (AvgIpc) is 2.38. The number of amides is 1. The molecule has 0 spiro atoms. The van der Waals surface area contributed by atoms with Crippen LogP contribution < -0.4 is 0 Å². The fraction of sp³-hybridized carbons (Fsp3) is 0.800. The molecule has 0 aromatic heterocycles. The summed E-state index contributed by atoms with van der Waals surface area (Å²) in [6.45, 7) is 8.36. The van der Waals surface area contributed by atoms with E-state index in [1.165, 1.54) is 25.9 Å². The van der Waals surface area contributed by atoms with Crippen molar-refractivity contribution < 1.29 is 4.79 Å². The van der Waals surface area contributed by atoms with Gasteiger partial charge in [-0.05, 0) is 37.5 Å². The number of hydrogen-bond donors (Lipinski definition) is 0. The number of rotatable bonds is 3. The summed E-state index contributed by atoms with van der Waals surface area (Å²) in [5.74, 6) is 1.86. The highest BCUT2D eigenvalue weighted by molar-refractivity contribution is 5.77. The van der Waals surface area contributed by atoms with E-state index >= 15 is 0 Å². The first kappa shape index (κ1) is 12.2. The van der Waals surface area contributed by atoms with Crippen LogP contribution in [0.15, 0.2) is 12.7 Å². The predicted octanol–water partition coefficient (Wildman–Crippen LogP) is 1.90. The van der Waals surface area contributed by atoms with E-state index in [-0.39, 0.29) is 0 Å². The summed E-state index contributed by atoms with van der Waals surface area (Å²) >= 11 is 0. The molecule has 0 aliphatic carbocycles. The van der Waals surface area contributed by atoms with E-state index in [1.54, 1.807) is 0 Å². The van der Waals surface area contributed by atoms with Crippen molar-refractivity contribution in [3.05, 3.63) is 12.7 Å². The molecule has 0 aromatic rings. The van der Waals surface area contributed by atoms with Gasteiger partial charge in [-0.1, -0.05) is 6.08 Å². The van der Waals surface area contributed by atoms with E-state index in [9.17, 15) is 4.79 Å². The molecule has 3 fully saturated rings. The third-order valence-electron chi connectivity index (χ3n) is 4.90. The van der Waals surface area contributed by atoms with E-state index < -0.39 is 0 Å². The molecule has 0 unspecified atom stereocenters. The van der Waals surface area contributed by atoms with Gasteiger partial charge >= 0.3 is 0 Å². The molecule has 3 atom stereocenters. The summed E-state index contributed by atoms with van der Waals surface area (Å²) in [5, 5.41) is 0. The SMILES string of the molecule is C=CCCN1C[C@H]2C[C@@H](C1)[C@H]1CCCC(=O)N1C2. The van der Waals surface area contributed by atoms with E-state index in [1.807, 2.05) is 6.08 Å². The lowest BCUT2D eigenvalue weighted by Gasteiger charge is -2.52. The first-order chi connectivity index (χ1) is 8.78. The van der Waals surface area contributed by atoms with Crippen molar-refractivity contribution in [1.29, 1.82) is 0 Å². The number of likely N-dealkylation sites (tertiary alicyclic amines) is 1. The first-order valence-corrected chi connectivity index (χ1v) is 7.40. The first-order valence-electron chi connectivity index (χ1n) is 7.40. The van der Waals surface area contributed by atoms with Gasteiger partial charge in [0.2, 0.25) is 5.91 Å². The van der Waals surface area contributed by atoms with Gasteiger partial charge < -0.3 is 9.80 Å². The summed E-state index contributed by atoms with van der Waals surface area (Å²) in [6.07, 6.45) is 7.58. The Labute approximate surface area is 110 Å². The fourth-order valence-corrected chi connectivity index (χ4v) is 4.17. The largest absolute Gasteiger partial charge is 0.339 e. The highest BCUT2D eigenvalue weighted by Gasteiger charge is 2.43. The molecule has 2 bridgehead atoms. The van der Waals surface area contributed by atoms with Crippen LogP contribution >= 0.6 is 0 Å². The molecule has 3 nitrogen and oxygen atoms in total. The molecule has 3 heteroatoms. The lowest BCUT2D eigenvalue weighted by molar-refractivity contribution is -0.144. The molecule has 0 radical (unpaired) electrons. The lowest BCUT2D eigenvalue weighted by Crippen LogP contribution is -2.60. The third-order valence-corrected chi connectivity index (χ3v) is 4.90. The second kappa shape index (κ2) is 5.04. The zero-order valence-electron chi connectivity index (χ0n) is 11.2. The smallest absolute Gasteiger partial charge is 0.222 e.